The van der Waals surface area contributed by atoms with Crippen molar-refractivity contribution in [3.05, 3.63) is 96.6 Å². The number of carbonyl (C=O) groups is 2. The van der Waals surface area contributed by atoms with Crippen LogP contribution < -0.4 is 10.2 Å². The fourth-order valence-corrected chi connectivity index (χ4v) is 6.91. The van der Waals surface area contributed by atoms with E-state index in [0.717, 1.165) is 11.3 Å². The zero-order valence-corrected chi connectivity index (χ0v) is 22.2. The average Bonchev–Trinajstić information content (AvgIpc) is 3.20. The topological polar surface area (TPSA) is 90.0 Å². The highest BCUT2D eigenvalue weighted by atomic mass is 32.2. The van der Waals surface area contributed by atoms with Crippen LogP contribution in [0.15, 0.2) is 95.9 Å². The molecule has 0 radical (unpaired) electrons. The monoisotopic (exact) mass is 532 g/mol. The lowest BCUT2D eigenvalue weighted by Crippen LogP contribution is -2.57. The molecule has 2 aliphatic rings. The van der Waals surface area contributed by atoms with E-state index in [2.05, 4.69) is 5.32 Å². The molecule has 5 rings (SSSR count). The summed E-state index contributed by atoms with van der Waals surface area (Å²) in [5.74, 6) is -0.371. The molecule has 1 spiro atoms. The lowest BCUT2D eigenvalue weighted by atomic mass is 9.86. The van der Waals surface area contributed by atoms with E-state index in [1.807, 2.05) is 72.5 Å². The highest BCUT2D eigenvalue weighted by Gasteiger charge is 2.55. The summed E-state index contributed by atoms with van der Waals surface area (Å²) in [6.45, 7) is 2.56. The van der Waals surface area contributed by atoms with Crippen LogP contribution in [0.4, 0.5) is 5.69 Å². The first-order valence-electron chi connectivity index (χ1n) is 12.8. The van der Waals surface area contributed by atoms with Gasteiger partial charge in [0.15, 0.2) is 0 Å². The quantitative estimate of drug-likeness (QED) is 0.504. The first-order chi connectivity index (χ1) is 18.3. The molecule has 0 unspecified atom stereocenters. The third-order valence-corrected chi connectivity index (χ3v) is 9.44. The maximum atomic E-state index is 13.9. The Hall–Kier alpha value is -3.69. The van der Waals surface area contributed by atoms with E-state index in [1.165, 1.54) is 4.31 Å². The molecule has 0 saturated carbocycles. The van der Waals surface area contributed by atoms with Crippen LogP contribution in [-0.4, -0.2) is 61.3 Å². The predicted octanol–water partition coefficient (Wildman–Crippen LogP) is 3.39. The third kappa shape index (κ3) is 4.91. The molecule has 1 atom stereocenters. The molecule has 0 aliphatic carbocycles. The van der Waals surface area contributed by atoms with Gasteiger partial charge in [-0.15, -0.1) is 0 Å². The maximum Gasteiger partial charge on any atom is 0.250 e. The van der Waals surface area contributed by atoms with Crippen LogP contribution >= 0.6 is 0 Å². The largest absolute Gasteiger partial charge is 0.348 e. The Kier molecular flexibility index (Phi) is 7.23. The molecule has 2 heterocycles. The van der Waals surface area contributed by atoms with Crippen molar-refractivity contribution in [3.8, 4) is 0 Å². The molecule has 0 bridgehead atoms. The van der Waals surface area contributed by atoms with Gasteiger partial charge >= 0.3 is 0 Å². The van der Waals surface area contributed by atoms with E-state index in [4.69, 9.17) is 0 Å². The Morgan fingerprint density at radius 3 is 2.05 bits per heavy atom. The van der Waals surface area contributed by atoms with Gasteiger partial charge in [-0.05, 0) is 49.6 Å². The van der Waals surface area contributed by atoms with Gasteiger partial charge in [-0.3, -0.25) is 9.59 Å². The van der Waals surface area contributed by atoms with Crippen molar-refractivity contribution < 1.29 is 18.0 Å². The Labute approximate surface area is 223 Å². The SMILES string of the molecule is C[C@H](NC(=O)CN1CN(c2ccccc2)C2(CCN(S(=O)(=O)c3ccccc3)CC2)C1=O)c1ccccc1. The summed E-state index contributed by atoms with van der Waals surface area (Å²) in [4.78, 5) is 30.8. The molecule has 0 aromatic heterocycles. The molecular formula is C29H32N4O4S. The highest BCUT2D eigenvalue weighted by molar-refractivity contribution is 7.89. The van der Waals surface area contributed by atoms with Crippen molar-refractivity contribution in [2.75, 3.05) is 31.2 Å². The molecule has 2 aliphatic heterocycles. The normalized spacial score (nSPS) is 18.5. The average molecular weight is 533 g/mol. The lowest BCUT2D eigenvalue weighted by molar-refractivity contribution is -0.137. The number of carbonyl (C=O) groups excluding carboxylic acids is 2. The lowest BCUT2D eigenvalue weighted by Gasteiger charge is -2.42. The van der Waals surface area contributed by atoms with Gasteiger partial charge in [0.05, 0.1) is 17.6 Å². The van der Waals surface area contributed by atoms with E-state index in [1.54, 1.807) is 35.2 Å². The Morgan fingerprint density at radius 2 is 1.45 bits per heavy atom. The zero-order chi connectivity index (χ0) is 26.8. The number of rotatable bonds is 7. The summed E-state index contributed by atoms with van der Waals surface area (Å²) in [7, 11) is -3.65. The van der Waals surface area contributed by atoms with Gasteiger partial charge in [0.2, 0.25) is 21.8 Å². The van der Waals surface area contributed by atoms with E-state index < -0.39 is 15.6 Å². The van der Waals surface area contributed by atoms with Crippen LogP contribution in [0.2, 0.25) is 0 Å². The number of piperidine rings is 1. The summed E-state index contributed by atoms with van der Waals surface area (Å²) in [6.07, 6.45) is 0.677. The number of para-hydroxylation sites is 1. The number of amides is 2. The van der Waals surface area contributed by atoms with Gasteiger partial charge in [0.25, 0.3) is 0 Å². The van der Waals surface area contributed by atoms with Gasteiger partial charge in [0.1, 0.15) is 12.1 Å². The van der Waals surface area contributed by atoms with Crippen LogP contribution in [0.3, 0.4) is 0 Å². The smallest absolute Gasteiger partial charge is 0.250 e. The van der Waals surface area contributed by atoms with Crippen LogP contribution in [0.1, 0.15) is 31.4 Å². The van der Waals surface area contributed by atoms with Crippen LogP contribution in [-0.2, 0) is 19.6 Å². The van der Waals surface area contributed by atoms with Crippen LogP contribution in [0.25, 0.3) is 0 Å². The fraction of sp³-hybridized carbons (Fsp3) is 0.310. The number of hydrogen-bond acceptors (Lipinski definition) is 5. The van der Waals surface area contributed by atoms with E-state index in [-0.39, 0.29) is 49.1 Å². The van der Waals surface area contributed by atoms with E-state index >= 15 is 0 Å². The standard InChI is InChI=1S/C29H32N4O4S/c1-23(24-11-5-2-6-12-24)30-27(34)21-31-22-33(25-13-7-3-8-14-25)29(28(31)35)17-19-32(20-18-29)38(36,37)26-15-9-4-10-16-26/h2-16,23H,17-22H2,1H3,(H,30,34)/t23-/m0/s1. The summed E-state index contributed by atoms with van der Waals surface area (Å²) < 4.78 is 27.9. The molecule has 2 fully saturated rings. The predicted molar refractivity (Wildman–Crippen MR) is 146 cm³/mol. The summed E-state index contributed by atoms with van der Waals surface area (Å²) in [5, 5.41) is 3.00. The second-order valence-electron chi connectivity index (χ2n) is 9.86. The Balaban J connectivity index is 1.34. The van der Waals surface area contributed by atoms with Crippen molar-refractivity contribution in [1.82, 2.24) is 14.5 Å². The number of hydrogen-bond donors (Lipinski definition) is 1. The summed E-state index contributed by atoms with van der Waals surface area (Å²) >= 11 is 0. The van der Waals surface area contributed by atoms with Gasteiger partial charge < -0.3 is 15.1 Å². The minimum Gasteiger partial charge on any atom is -0.348 e. The molecular weight excluding hydrogens is 500 g/mol. The number of nitrogens with zero attached hydrogens (tertiary/aromatic N) is 3. The Bertz CT molecular complexity index is 1380. The van der Waals surface area contributed by atoms with Gasteiger partial charge in [0, 0.05) is 18.8 Å². The van der Waals surface area contributed by atoms with E-state index in [0.29, 0.717) is 12.8 Å². The van der Waals surface area contributed by atoms with Crippen molar-refractivity contribution in [1.29, 1.82) is 0 Å². The second-order valence-corrected chi connectivity index (χ2v) is 11.8. The van der Waals surface area contributed by atoms with Crippen molar-refractivity contribution in [3.63, 3.8) is 0 Å². The fourth-order valence-electron chi connectivity index (χ4n) is 5.45. The number of anilines is 1. The number of sulfonamides is 1. The second kappa shape index (κ2) is 10.6. The molecule has 9 heteroatoms. The van der Waals surface area contributed by atoms with Gasteiger partial charge in [-0.25, -0.2) is 8.42 Å². The zero-order valence-electron chi connectivity index (χ0n) is 21.4. The Morgan fingerprint density at radius 1 is 0.895 bits per heavy atom. The van der Waals surface area contributed by atoms with Crippen molar-refractivity contribution in [2.45, 2.75) is 36.2 Å². The number of benzene rings is 3. The molecule has 8 nitrogen and oxygen atoms in total. The summed E-state index contributed by atoms with van der Waals surface area (Å²) in [5.41, 5.74) is 0.957. The molecule has 38 heavy (non-hydrogen) atoms. The number of nitrogens with one attached hydrogen (secondary N) is 1. The van der Waals surface area contributed by atoms with Crippen molar-refractivity contribution in [2.24, 2.45) is 0 Å². The molecule has 198 valence electrons. The van der Waals surface area contributed by atoms with E-state index in [9.17, 15) is 18.0 Å². The maximum absolute atomic E-state index is 13.9. The highest BCUT2D eigenvalue weighted by Crippen LogP contribution is 2.40. The minimum absolute atomic E-state index is 0.0624. The molecule has 1 N–H and O–H groups in total. The summed E-state index contributed by atoms with van der Waals surface area (Å²) in [6, 6.07) is 27.5. The molecule has 2 saturated heterocycles. The van der Waals surface area contributed by atoms with Crippen molar-refractivity contribution >= 4 is 27.5 Å². The van der Waals surface area contributed by atoms with Crippen LogP contribution in [0.5, 0.6) is 0 Å². The molecule has 3 aromatic rings. The van der Waals surface area contributed by atoms with Gasteiger partial charge in [-0.2, -0.15) is 4.31 Å². The molecule has 2 amide bonds. The molecule has 3 aromatic carbocycles. The first-order valence-corrected chi connectivity index (χ1v) is 14.3. The van der Waals surface area contributed by atoms with Gasteiger partial charge in [-0.1, -0.05) is 66.7 Å². The minimum atomic E-state index is -3.65. The van der Waals surface area contributed by atoms with Crippen LogP contribution in [0, 0.1) is 0 Å². The third-order valence-electron chi connectivity index (χ3n) is 7.52. The first kappa shape index (κ1) is 25.9.